The number of hydrogen-bond donors (Lipinski definition) is 1. The summed E-state index contributed by atoms with van der Waals surface area (Å²) in [5, 5.41) is 3.04. The minimum atomic E-state index is 0.161. The van der Waals surface area contributed by atoms with E-state index in [1.165, 1.54) is 17.2 Å². The van der Waals surface area contributed by atoms with Gasteiger partial charge in [0.2, 0.25) is 0 Å². The SMILES string of the molecule is CCC(N)Cc1c(Sc2ncns2)nc2sccn12. The van der Waals surface area contributed by atoms with Crippen molar-refractivity contribution in [2.45, 2.75) is 35.2 Å². The van der Waals surface area contributed by atoms with E-state index in [4.69, 9.17) is 5.73 Å². The van der Waals surface area contributed by atoms with E-state index in [1.54, 1.807) is 29.4 Å². The molecule has 0 aliphatic carbocycles. The molecule has 100 valence electrons. The number of rotatable bonds is 5. The number of fused-ring (bicyclic) bond motifs is 1. The van der Waals surface area contributed by atoms with Gasteiger partial charge in [0.15, 0.2) is 9.30 Å². The zero-order chi connectivity index (χ0) is 13.2. The van der Waals surface area contributed by atoms with Gasteiger partial charge in [-0.25, -0.2) is 9.97 Å². The van der Waals surface area contributed by atoms with Crippen LogP contribution in [0, 0.1) is 0 Å². The van der Waals surface area contributed by atoms with Crippen LogP contribution in [0.15, 0.2) is 27.3 Å². The molecule has 0 radical (unpaired) electrons. The third-order valence-electron chi connectivity index (χ3n) is 2.83. The Hall–Kier alpha value is -0.960. The van der Waals surface area contributed by atoms with E-state index in [1.807, 2.05) is 5.38 Å². The molecule has 2 N–H and O–H groups in total. The number of thiazole rings is 1. The Morgan fingerprint density at radius 3 is 3.16 bits per heavy atom. The van der Waals surface area contributed by atoms with Crippen molar-refractivity contribution in [2.24, 2.45) is 5.73 Å². The molecule has 1 unspecified atom stereocenters. The Labute approximate surface area is 123 Å². The molecule has 0 saturated heterocycles. The fourth-order valence-electron chi connectivity index (χ4n) is 1.76. The fraction of sp³-hybridized carbons (Fsp3) is 0.364. The molecule has 1 atom stereocenters. The Morgan fingerprint density at radius 2 is 2.42 bits per heavy atom. The summed E-state index contributed by atoms with van der Waals surface area (Å²) in [5.41, 5.74) is 7.27. The molecule has 0 aliphatic rings. The topological polar surface area (TPSA) is 69.1 Å². The van der Waals surface area contributed by atoms with Gasteiger partial charge in [-0.2, -0.15) is 4.37 Å². The van der Waals surface area contributed by atoms with E-state index < -0.39 is 0 Å². The second-order valence-corrected chi connectivity index (χ2v) is 6.99. The molecule has 0 saturated carbocycles. The van der Waals surface area contributed by atoms with Crippen molar-refractivity contribution >= 4 is 39.6 Å². The molecule has 0 bridgehead atoms. The van der Waals surface area contributed by atoms with Crippen LogP contribution in [0.25, 0.3) is 4.96 Å². The maximum Gasteiger partial charge on any atom is 0.194 e. The van der Waals surface area contributed by atoms with Crippen molar-refractivity contribution < 1.29 is 0 Å². The molecule has 3 rings (SSSR count). The van der Waals surface area contributed by atoms with Crippen LogP contribution in [0.2, 0.25) is 0 Å². The van der Waals surface area contributed by atoms with E-state index in [-0.39, 0.29) is 6.04 Å². The highest BCUT2D eigenvalue weighted by Gasteiger charge is 2.17. The third-order valence-corrected chi connectivity index (χ3v) is 5.32. The van der Waals surface area contributed by atoms with Gasteiger partial charge < -0.3 is 5.73 Å². The van der Waals surface area contributed by atoms with Gasteiger partial charge in [0.05, 0.1) is 5.69 Å². The number of aromatic nitrogens is 4. The van der Waals surface area contributed by atoms with Crippen LogP contribution in [-0.4, -0.2) is 24.8 Å². The van der Waals surface area contributed by atoms with Gasteiger partial charge in [-0.1, -0.05) is 6.92 Å². The van der Waals surface area contributed by atoms with Crippen molar-refractivity contribution in [3.63, 3.8) is 0 Å². The summed E-state index contributed by atoms with van der Waals surface area (Å²) in [7, 11) is 0. The normalized spacial score (nSPS) is 13.2. The largest absolute Gasteiger partial charge is 0.327 e. The molecular formula is C11H13N5S3. The Morgan fingerprint density at radius 1 is 1.53 bits per heavy atom. The van der Waals surface area contributed by atoms with Crippen molar-refractivity contribution in [3.8, 4) is 0 Å². The van der Waals surface area contributed by atoms with Crippen LogP contribution in [0.1, 0.15) is 19.0 Å². The molecule has 3 aromatic heterocycles. The summed E-state index contributed by atoms with van der Waals surface area (Å²) in [6.45, 7) is 2.11. The van der Waals surface area contributed by atoms with Crippen molar-refractivity contribution in [2.75, 3.05) is 0 Å². The van der Waals surface area contributed by atoms with Crippen molar-refractivity contribution in [1.82, 2.24) is 18.7 Å². The summed E-state index contributed by atoms with van der Waals surface area (Å²) >= 11 is 4.59. The van der Waals surface area contributed by atoms with Crippen LogP contribution in [0.3, 0.4) is 0 Å². The van der Waals surface area contributed by atoms with Gasteiger partial charge in [-0.3, -0.25) is 4.40 Å². The van der Waals surface area contributed by atoms with E-state index in [9.17, 15) is 0 Å². The zero-order valence-corrected chi connectivity index (χ0v) is 12.8. The van der Waals surface area contributed by atoms with Crippen molar-refractivity contribution in [1.29, 1.82) is 0 Å². The summed E-state index contributed by atoms with van der Waals surface area (Å²) in [6, 6.07) is 0.161. The molecule has 0 amide bonds. The molecule has 3 heterocycles. The lowest BCUT2D eigenvalue weighted by atomic mass is 10.1. The van der Waals surface area contributed by atoms with E-state index in [0.717, 1.165) is 27.2 Å². The second kappa shape index (κ2) is 5.58. The quantitative estimate of drug-likeness (QED) is 0.784. The number of nitrogens with two attached hydrogens (primary N) is 1. The molecule has 8 heteroatoms. The first-order valence-electron chi connectivity index (χ1n) is 5.92. The maximum absolute atomic E-state index is 6.09. The summed E-state index contributed by atoms with van der Waals surface area (Å²) in [5.74, 6) is 0. The number of imidazole rings is 1. The minimum Gasteiger partial charge on any atom is -0.327 e. The minimum absolute atomic E-state index is 0.161. The smallest absolute Gasteiger partial charge is 0.194 e. The lowest BCUT2D eigenvalue weighted by Crippen LogP contribution is -2.22. The number of hydrogen-bond acceptors (Lipinski definition) is 7. The zero-order valence-electron chi connectivity index (χ0n) is 10.3. The average molecular weight is 311 g/mol. The van der Waals surface area contributed by atoms with Crippen LogP contribution in [0.5, 0.6) is 0 Å². The molecule has 0 aliphatic heterocycles. The van der Waals surface area contributed by atoms with E-state index in [2.05, 4.69) is 31.9 Å². The first-order chi connectivity index (χ1) is 9.28. The monoisotopic (exact) mass is 311 g/mol. The van der Waals surface area contributed by atoms with Crippen LogP contribution in [0.4, 0.5) is 0 Å². The highest BCUT2D eigenvalue weighted by Crippen LogP contribution is 2.32. The molecule has 0 spiro atoms. The predicted octanol–water partition coefficient (Wildman–Crippen LogP) is 2.68. The highest BCUT2D eigenvalue weighted by atomic mass is 32.2. The predicted molar refractivity (Wildman–Crippen MR) is 79.1 cm³/mol. The molecule has 19 heavy (non-hydrogen) atoms. The number of nitrogens with zero attached hydrogens (tertiary/aromatic N) is 4. The highest BCUT2D eigenvalue weighted by molar-refractivity contribution is 8.00. The van der Waals surface area contributed by atoms with Gasteiger partial charge in [-0.05, 0) is 29.7 Å². The summed E-state index contributed by atoms with van der Waals surface area (Å²) in [4.78, 5) is 9.87. The molecule has 5 nitrogen and oxygen atoms in total. The van der Waals surface area contributed by atoms with Gasteiger partial charge in [0, 0.05) is 24.0 Å². The van der Waals surface area contributed by atoms with E-state index in [0.29, 0.717) is 0 Å². The van der Waals surface area contributed by atoms with Gasteiger partial charge in [0.1, 0.15) is 11.4 Å². The second-order valence-electron chi connectivity index (χ2n) is 4.10. The van der Waals surface area contributed by atoms with Crippen LogP contribution < -0.4 is 5.73 Å². The molecular weight excluding hydrogens is 298 g/mol. The standard InChI is InChI=1S/C11H13N5S3/c1-2-7(12)5-8-9(18-11-13-6-14-19-11)15-10-16(8)3-4-17-10/h3-4,6-7H,2,5,12H2,1H3. The molecule has 3 aromatic rings. The Kier molecular flexibility index (Phi) is 3.83. The Bertz CT molecular complexity index is 657. The first kappa shape index (κ1) is 13.0. The van der Waals surface area contributed by atoms with Crippen molar-refractivity contribution in [3.05, 3.63) is 23.6 Å². The summed E-state index contributed by atoms with van der Waals surface area (Å²) in [6.07, 6.45) is 5.41. The first-order valence-corrected chi connectivity index (χ1v) is 8.39. The van der Waals surface area contributed by atoms with E-state index >= 15 is 0 Å². The summed E-state index contributed by atoms with van der Waals surface area (Å²) < 4.78 is 7.06. The average Bonchev–Trinajstić information content (AvgIpc) is 3.10. The molecule has 0 aromatic carbocycles. The Balaban J connectivity index is 1.97. The third kappa shape index (κ3) is 2.66. The van der Waals surface area contributed by atoms with Gasteiger partial charge in [0.25, 0.3) is 0 Å². The molecule has 0 fully saturated rings. The maximum atomic E-state index is 6.09. The van der Waals surface area contributed by atoms with Gasteiger partial charge >= 0.3 is 0 Å². The van der Waals surface area contributed by atoms with Gasteiger partial charge in [-0.15, -0.1) is 11.3 Å². The van der Waals surface area contributed by atoms with Crippen LogP contribution in [-0.2, 0) is 6.42 Å². The van der Waals surface area contributed by atoms with Crippen LogP contribution >= 0.6 is 34.6 Å². The fourth-order valence-corrected chi connectivity index (χ4v) is 4.04. The lowest BCUT2D eigenvalue weighted by Gasteiger charge is -2.08. The lowest BCUT2D eigenvalue weighted by molar-refractivity contribution is 0.627.